The maximum absolute atomic E-state index is 11.3. The molecule has 0 fully saturated rings. The molecule has 0 aliphatic heterocycles. The molecule has 104 valence electrons. The van der Waals surface area contributed by atoms with Gasteiger partial charge in [-0.25, -0.2) is 0 Å². The molecule has 0 rings (SSSR count). The molecule has 2 atom stereocenters. The molecule has 0 aromatic heterocycles. The summed E-state index contributed by atoms with van der Waals surface area (Å²) in [5.41, 5.74) is -2.66. The SMILES string of the molecule is CC(CC(=O)O)(C(=O)O)C(C)(C(=O)O)P(=O)(O)O. The van der Waals surface area contributed by atoms with Crippen molar-refractivity contribution < 1.29 is 44.1 Å². The monoisotopic (exact) mass is 284 g/mol. The summed E-state index contributed by atoms with van der Waals surface area (Å²) in [6, 6.07) is 0. The van der Waals surface area contributed by atoms with Crippen molar-refractivity contribution in [1.82, 2.24) is 0 Å². The van der Waals surface area contributed by atoms with Crippen LogP contribution in [-0.2, 0) is 18.9 Å². The number of rotatable bonds is 6. The average molecular weight is 284 g/mol. The van der Waals surface area contributed by atoms with E-state index in [1.807, 2.05) is 0 Å². The van der Waals surface area contributed by atoms with E-state index in [9.17, 15) is 18.9 Å². The summed E-state index contributed by atoms with van der Waals surface area (Å²) in [5, 5.41) is 23.4. The summed E-state index contributed by atoms with van der Waals surface area (Å²) >= 11 is 0. The molecule has 0 aromatic rings. The third-order valence-corrected chi connectivity index (χ3v) is 4.90. The van der Waals surface area contributed by atoms with Crippen LogP contribution >= 0.6 is 7.60 Å². The summed E-state index contributed by atoms with van der Waals surface area (Å²) in [5.74, 6) is -5.68. The van der Waals surface area contributed by atoms with E-state index in [0.29, 0.717) is 13.8 Å². The second-order valence-corrected chi connectivity index (χ2v) is 6.11. The zero-order chi connectivity index (χ0) is 14.9. The molecule has 0 spiro atoms. The highest BCUT2D eigenvalue weighted by molar-refractivity contribution is 7.54. The van der Waals surface area contributed by atoms with E-state index >= 15 is 0 Å². The zero-order valence-electron chi connectivity index (χ0n) is 9.52. The standard InChI is InChI=1S/C8H13O9P/c1-7(5(11)12,3-4(9)10)8(2,6(13)14)18(15,16)17/h3H2,1-2H3,(H,9,10)(H,11,12)(H,13,14)(H2,15,16,17). The molecule has 0 heterocycles. The maximum atomic E-state index is 11.3. The van der Waals surface area contributed by atoms with Crippen molar-refractivity contribution in [1.29, 1.82) is 0 Å². The van der Waals surface area contributed by atoms with Crippen molar-refractivity contribution in [3.8, 4) is 0 Å². The highest BCUT2D eigenvalue weighted by atomic mass is 31.2. The van der Waals surface area contributed by atoms with Gasteiger partial charge in [0.15, 0.2) is 5.16 Å². The first-order valence-electron chi connectivity index (χ1n) is 4.55. The largest absolute Gasteiger partial charge is 0.481 e. The molecule has 0 bridgehead atoms. The molecule has 9 nitrogen and oxygen atoms in total. The minimum absolute atomic E-state index is 0.521. The van der Waals surface area contributed by atoms with Crippen molar-refractivity contribution in [3.63, 3.8) is 0 Å². The van der Waals surface area contributed by atoms with Crippen molar-refractivity contribution >= 4 is 25.5 Å². The fourth-order valence-corrected chi connectivity index (χ4v) is 2.51. The van der Waals surface area contributed by atoms with E-state index < -0.39 is 42.5 Å². The van der Waals surface area contributed by atoms with Gasteiger partial charge in [-0.1, -0.05) is 0 Å². The van der Waals surface area contributed by atoms with Gasteiger partial charge in [0, 0.05) is 0 Å². The highest BCUT2D eigenvalue weighted by Crippen LogP contribution is 2.60. The lowest BCUT2D eigenvalue weighted by Gasteiger charge is -2.38. The van der Waals surface area contributed by atoms with E-state index in [4.69, 9.17) is 25.1 Å². The average Bonchev–Trinajstić information content (AvgIpc) is 2.12. The molecule has 0 aliphatic carbocycles. The number of hydrogen-bond acceptors (Lipinski definition) is 4. The Bertz CT molecular complexity index is 438. The summed E-state index contributed by atoms with van der Waals surface area (Å²) in [6.07, 6.45) is -1.24. The van der Waals surface area contributed by atoms with E-state index in [0.717, 1.165) is 0 Å². The molecule has 0 saturated carbocycles. The smallest absolute Gasteiger partial charge is 0.343 e. The van der Waals surface area contributed by atoms with Gasteiger partial charge in [-0.15, -0.1) is 0 Å². The predicted molar refractivity (Wildman–Crippen MR) is 56.1 cm³/mol. The van der Waals surface area contributed by atoms with Crippen LogP contribution in [0.25, 0.3) is 0 Å². The van der Waals surface area contributed by atoms with Crippen LogP contribution in [0.2, 0.25) is 0 Å². The number of aliphatic carboxylic acids is 3. The molecule has 0 aromatic carbocycles. The van der Waals surface area contributed by atoms with Gasteiger partial charge in [0.05, 0.1) is 6.42 Å². The lowest BCUT2D eigenvalue weighted by Crippen LogP contribution is -2.55. The molecular weight excluding hydrogens is 271 g/mol. The summed E-state index contributed by atoms with van der Waals surface area (Å²) < 4.78 is 11.3. The molecule has 0 radical (unpaired) electrons. The molecule has 0 saturated heterocycles. The van der Waals surface area contributed by atoms with Gasteiger partial charge >= 0.3 is 25.5 Å². The van der Waals surface area contributed by atoms with Crippen LogP contribution in [0, 0.1) is 5.41 Å². The van der Waals surface area contributed by atoms with Gasteiger partial charge in [0.25, 0.3) is 0 Å². The number of carboxylic acids is 3. The lowest BCUT2D eigenvalue weighted by molar-refractivity contribution is -0.163. The lowest BCUT2D eigenvalue weighted by atomic mass is 9.74. The van der Waals surface area contributed by atoms with Gasteiger partial charge in [0.2, 0.25) is 0 Å². The molecular formula is C8H13O9P. The van der Waals surface area contributed by atoms with Gasteiger partial charge < -0.3 is 25.1 Å². The normalized spacial score (nSPS) is 18.4. The Morgan fingerprint density at radius 1 is 1.00 bits per heavy atom. The van der Waals surface area contributed by atoms with Crippen LogP contribution in [0.3, 0.4) is 0 Å². The van der Waals surface area contributed by atoms with Gasteiger partial charge in [-0.3, -0.25) is 18.9 Å². The number of carboxylic acid groups (broad SMARTS) is 3. The first-order chi connectivity index (χ1) is 7.80. The Balaban J connectivity index is 6.15. The molecule has 10 heteroatoms. The maximum Gasteiger partial charge on any atom is 0.343 e. The molecule has 2 unspecified atom stereocenters. The Hall–Kier alpha value is -1.44. The van der Waals surface area contributed by atoms with Gasteiger partial charge in [0.1, 0.15) is 5.41 Å². The van der Waals surface area contributed by atoms with Crippen LogP contribution in [0.1, 0.15) is 20.3 Å². The number of carbonyl (C=O) groups is 3. The first-order valence-corrected chi connectivity index (χ1v) is 6.16. The first kappa shape index (κ1) is 16.6. The van der Waals surface area contributed by atoms with Crippen LogP contribution in [0.4, 0.5) is 0 Å². The second kappa shape index (κ2) is 4.68. The topological polar surface area (TPSA) is 169 Å². The van der Waals surface area contributed by atoms with Crippen LogP contribution in [-0.4, -0.2) is 48.2 Å². The number of hydrogen-bond donors (Lipinski definition) is 5. The fraction of sp³-hybridized carbons (Fsp3) is 0.625. The minimum Gasteiger partial charge on any atom is -0.481 e. The summed E-state index contributed by atoms with van der Waals surface area (Å²) in [7, 11) is -5.42. The third-order valence-electron chi connectivity index (χ3n) is 3.05. The van der Waals surface area contributed by atoms with Crippen molar-refractivity contribution in [3.05, 3.63) is 0 Å². The van der Waals surface area contributed by atoms with Crippen molar-refractivity contribution in [2.24, 2.45) is 5.41 Å². The molecule has 5 N–H and O–H groups in total. The predicted octanol–water partition coefficient (Wildman–Crippen LogP) is -0.427. The Morgan fingerprint density at radius 3 is 1.56 bits per heavy atom. The summed E-state index contributed by atoms with van der Waals surface area (Å²) in [6.45, 7) is 1.20. The van der Waals surface area contributed by atoms with Crippen LogP contribution < -0.4 is 0 Å². The zero-order valence-corrected chi connectivity index (χ0v) is 10.4. The Kier molecular flexibility index (Phi) is 4.30. The van der Waals surface area contributed by atoms with Gasteiger partial charge in [-0.2, -0.15) is 0 Å². The third kappa shape index (κ3) is 2.38. The van der Waals surface area contributed by atoms with E-state index in [2.05, 4.69) is 0 Å². The molecule has 0 aliphatic rings. The minimum atomic E-state index is -5.42. The quantitative estimate of drug-likeness (QED) is 0.406. The molecule has 0 amide bonds. The van der Waals surface area contributed by atoms with Crippen LogP contribution in [0.15, 0.2) is 0 Å². The second-order valence-electron chi connectivity index (χ2n) is 4.13. The van der Waals surface area contributed by atoms with E-state index in [1.165, 1.54) is 0 Å². The van der Waals surface area contributed by atoms with Gasteiger partial charge in [-0.05, 0) is 13.8 Å². The fourth-order valence-electron chi connectivity index (χ4n) is 1.44. The Morgan fingerprint density at radius 2 is 1.39 bits per heavy atom. The van der Waals surface area contributed by atoms with Crippen LogP contribution in [0.5, 0.6) is 0 Å². The van der Waals surface area contributed by atoms with E-state index in [-0.39, 0.29) is 0 Å². The Labute approximate surface area is 101 Å². The summed E-state index contributed by atoms with van der Waals surface area (Å²) in [4.78, 5) is 50.9. The van der Waals surface area contributed by atoms with Crippen molar-refractivity contribution in [2.75, 3.05) is 0 Å². The molecule has 18 heavy (non-hydrogen) atoms. The highest BCUT2D eigenvalue weighted by Gasteiger charge is 2.66. The van der Waals surface area contributed by atoms with E-state index in [1.54, 1.807) is 0 Å². The van der Waals surface area contributed by atoms with Crippen molar-refractivity contribution in [2.45, 2.75) is 25.4 Å².